The van der Waals surface area contributed by atoms with E-state index in [1.165, 1.54) is 22.3 Å². The van der Waals surface area contributed by atoms with Crippen LogP contribution in [0.1, 0.15) is 42.0 Å². The zero-order valence-electron chi connectivity index (χ0n) is 10.4. The standard InChI is InChI=1S/C14H21N/c1-8-6-9(2)11(10(3)7-8)12-13(15)14(12,4)5/h6-7,12-13H,15H2,1-5H3/t12-,13-/m1/s1. The molecule has 1 aliphatic carbocycles. The lowest BCUT2D eigenvalue weighted by Gasteiger charge is -2.12. The van der Waals surface area contributed by atoms with Crippen molar-refractivity contribution in [3.05, 3.63) is 34.4 Å². The zero-order chi connectivity index (χ0) is 11.4. The highest BCUT2D eigenvalue weighted by Crippen LogP contribution is 2.58. The van der Waals surface area contributed by atoms with Crippen molar-refractivity contribution in [1.82, 2.24) is 0 Å². The summed E-state index contributed by atoms with van der Waals surface area (Å²) < 4.78 is 0. The highest BCUT2D eigenvalue weighted by molar-refractivity contribution is 5.46. The van der Waals surface area contributed by atoms with Gasteiger partial charge < -0.3 is 5.73 Å². The third-order valence-corrected chi connectivity index (χ3v) is 3.96. The smallest absolute Gasteiger partial charge is 0.0172 e. The zero-order valence-corrected chi connectivity index (χ0v) is 10.4. The van der Waals surface area contributed by atoms with Crippen LogP contribution in [0.2, 0.25) is 0 Å². The van der Waals surface area contributed by atoms with Crippen molar-refractivity contribution in [3.63, 3.8) is 0 Å². The highest BCUT2D eigenvalue weighted by atomic mass is 14.8. The number of hydrogen-bond acceptors (Lipinski definition) is 1. The first-order valence-corrected chi connectivity index (χ1v) is 5.69. The lowest BCUT2D eigenvalue weighted by atomic mass is 9.93. The number of nitrogens with two attached hydrogens (primary N) is 1. The molecule has 0 spiro atoms. The molecular formula is C14H21N. The van der Waals surface area contributed by atoms with E-state index >= 15 is 0 Å². The second-order valence-corrected chi connectivity index (χ2v) is 5.64. The Balaban J connectivity index is 2.47. The third-order valence-electron chi connectivity index (χ3n) is 3.96. The SMILES string of the molecule is Cc1cc(C)c([C@@H]2[C@@H](N)C2(C)C)c(C)c1. The van der Waals surface area contributed by atoms with E-state index in [2.05, 4.69) is 46.8 Å². The minimum Gasteiger partial charge on any atom is -0.327 e. The van der Waals surface area contributed by atoms with Crippen molar-refractivity contribution >= 4 is 0 Å². The molecule has 2 N–H and O–H groups in total. The van der Waals surface area contributed by atoms with Crippen molar-refractivity contribution in [2.45, 2.75) is 46.6 Å². The minimum atomic E-state index is 0.283. The van der Waals surface area contributed by atoms with Crippen LogP contribution in [-0.2, 0) is 0 Å². The molecule has 2 rings (SSSR count). The second kappa shape index (κ2) is 3.08. The Kier molecular flexibility index (Phi) is 2.20. The monoisotopic (exact) mass is 203 g/mol. The molecule has 1 aliphatic rings. The summed E-state index contributed by atoms with van der Waals surface area (Å²) in [5, 5.41) is 0. The van der Waals surface area contributed by atoms with Gasteiger partial charge in [-0.25, -0.2) is 0 Å². The maximum Gasteiger partial charge on any atom is 0.0172 e. The van der Waals surface area contributed by atoms with Crippen LogP contribution in [0.15, 0.2) is 12.1 Å². The molecule has 1 aromatic rings. The average molecular weight is 203 g/mol. The Morgan fingerprint density at radius 3 is 1.80 bits per heavy atom. The minimum absolute atomic E-state index is 0.283. The summed E-state index contributed by atoms with van der Waals surface area (Å²) >= 11 is 0. The molecule has 1 aromatic carbocycles. The second-order valence-electron chi connectivity index (χ2n) is 5.64. The quantitative estimate of drug-likeness (QED) is 0.746. The van der Waals surface area contributed by atoms with Crippen LogP contribution in [0, 0.1) is 26.2 Å². The van der Waals surface area contributed by atoms with Crippen molar-refractivity contribution < 1.29 is 0 Å². The molecule has 0 aromatic heterocycles. The molecule has 1 nitrogen and oxygen atoms in total. The van der Waals surface area contributed by atoms with Gasteiger partial charge in [0.25, 0.3) is 0 Å². The molecule has 0 aliphatic heterocycles. The Morgan fingerprint density at radius 2 is 1.47 bits per heavy atom. The van der Waals surface area contributed by atoms with Crippen LogP contribution in [0.25, 0.3) is 0 Å². The van der Waals surface area contributed by atoms with Crippen LogP contribution in [0.4, 0.5) is 0 Å². The molecule has 2 atom stereocenters. The van der Waals surface area contributed by atoms with E-state index in [9.17, 15) is 0 Å². The van der Waals surface area contributed by atoms with Crippen LogP contribution < -0.4 is 5.73 Å². The number of benzene rings is 1. The third kappa shape index (κ3) is 1.50. The average Bonchev–Trinajstić information content (AvgIpc) is 2.53. The van der Waals surface area contributed by atoms with Gasteiger partial charge in [0, 0.05) is 12.0 Å². The van der Waals surface area contributed by atoms with Gasteiger partial charge in [-0.2, -0.15) is 0 Å². The van der Waals surface area contributed by atoms with Gasteiger partial charge in [0.1, 0.15) is 0 Å². The summed E-state index contributed by atoms with van der Waals surface area (Å²) in [4.78, 5) is 0. The lowest BCUT2D eigenvalue weighted by molar-refractivity contribution is 0.597. The fourth-order valence-corrected chi connectivity index (χ4v) is 2.91. The summed E-state index contributed by atoms with van der Waals surface area (Å²) in [6, 6.07) is 4.87. The van der Waals surface area contributed by atoms with Crippen LogP contribution in [0.3, 0.4) is 0 Å². The Hall–Kier alpha value is -0.820. The molecule has 82 valence electrons. The van der Waals surface area contributed by atoms with E-state index in [0.717, 1.165) is 0 Å². The summed E-state index contributed by atoms with van der Waals surface area (Å²) in [6.07, 6.45) is 0. The molecule has 0 saturated heterocycles. The molecule has 0 unspecified atom stereocenters. The van der Waals surface area contributed by atoms with E-state index < -0.39 is 0 Å². The van der Waals surface area contributed by atoms with Crippen LogP contribution in [-0.4, -0.2) is 6.04 Å². The summed E-state index contributed by atoms with van der Waals surface area (Å²) in [5.74, 6) is 0.554. The fraction of sp³-hybridized carbons (Fsp3) is 0.571. The highest BCUT2D eigenvalue weighted by Gasteiger charge is 2.56. The van der Waals surface area contributed by atoms with Gasteiger partial charge in [0.15, 0.2) is 0 Å². The van der Waals surface area contributed by atoms with E-state index in [4.69, 9.17) is 5.73 Å². The first-order valence-electron chi connectivity index (χ1n) is 5.69. The molecule has 1 fully saturated rings. The largest absolute Gasteiger partial charge is 0.327 e. The van der Waals surface area contributed by atoms with Crippen molar-refractivity contribution in [1.29, 1.82) is 0 Å². The molecule has 1 heteroatoms. The van der Waals surface area contributed by atoms with Gasteiger partial charge in [-0.1, -0.05) is 31.5 Å². The van der Waals surface area contributed by atoms with Gasteiger partial charge in [0.05, 0.1) is 0 Å². The molecular weight excluding hydrogens is 182 g/mol. The van der Waals surface area contributed by atoms with E-state index in [1.807, 2.05) is 0 Å². The maximum atomic E-state index is 6.15. The molecule has 0 radical (unpaired) electrons. The Bertz CT molecular complexity index is 381. The van der Waals surface area contributed by atoms with E-state index in [0.29, 0.717) is 12.0 Å². The van der Waals surface area contributed by atoms with Crippen molar-refractivity contribution in [3.8, 4) is 0 Å². The van der Waals surface area contributed by atoms with Gasteiger partial charge >= 0.3 is 0 Å². The molecule has 15 heavy (non-hydrogen) atoms. The molecule has 0 bridgehead atoms. The number of rotatable bonds is 1. The molecule has 1 saturated carbocycles. The van der Waals surface area contributed by atoms with Gasteiger partial charge in [0.2, 0.25) is 0 Å². The first kappa shape index (κ1) is 10.7. The van der Waals surface area contributed by atoms with Crippen molar-refractivity contribution in [2.75, 3.05) is 0 Å². The topological polar surface area (TPSA) is 26.0 Å². The fourth-order valence-electron chi connectivity index (χ4n) is 2.91. The van der Waals surface area contributed by atoms with E-state index in [1.54, 1.807) is 0 Å². The normalized spacial score (nSPS) is 27.9. The summed E-state index contributed by atoms with van der Waals surface area (Å²) in [7, 11) is 0. The van der Waals surface area contributed by atoms with E-state index in [-0.39, 0.29) is 5.41 Å². The Morgan fingerprint density at radius 1 is 1.07 bits per heavy atom. The maximum absolute atomic E-state index is 6.15. The first-order chi connectivity index (χ1) is 6.85. The molecule has 0 amide bonds. The van der Waals surface area contributed by atoms with Gasteiger partial charge in [-0.3, -0.25) is 0 Å². The lowest BCUT2D eigenvalue weighted by Crippen LogP contribution is -2.06. The van der Waals surface area contributed by atoms with Crippen LogP contribution >= 0.6 is 0 Å². The van der Waals surface area contributed by atoms with Gasteiger partial charge in [-0.15, -0.1) is 0 Å². The Labute approximate surface area is 92.7 Å². The summed E-state index contributed by atoms with van der Waals surface area (Å²) in [5.41, 5.74) is 12.1. The van der Waals surface area contributed by atoms with Crippen LogP contribution in [0.5, 0.6) is 0 Å². The predicted octanol–water partition coefficient (Wildman–Crippen LogP) is 3.06. The summed E-state index contributed by atoms with van der Waals surface area (Å²) in [6.45, 7) is 11.1. The number of hydrogen-bond donors (Lipinski definition) is 1. The molecule has 0 heterocycles. The van der Waals surface area contributed by atoms with Gasteiger partial charge in [-0.05, 0) is 42.9 Å². The number of aryl methyl sites for hydroxylation is 3. The predicted molar refractivity (Wildman–Crippen MR) is 65.2 cm³/mol. The van der Waals surface area contributed by atoms with Crippen molar-refractivity contribution in [2.24, 2.45) is 11.1 Å².